The largest absolute Gasteiger partial charge is 0.481 e. The second-order valence-electron chi connectivity index (χ2n) is 4.67. The number of rotatable bonds is 3. The maximum Gasteiger partial charge on any atom is 0.306 e. The Morgan fingerprint density at radius 3 is 2.89 bits per heavy atom. The van der Waals surface area contributed by atoms with Crippen LogP contribution in [0.15, 0.2) is 18.2 Å². The van der Waals surface area contributed by atoms with Crippen LogP contribution < -0.4 is 5.32 Å². The van der Waals surface area contributed by atoms with Gasteiger partial charge in [0.2, 0.25) is 0 Å². The van der Waals surface area contributed by atoms with Crippen LogP contribution in [0.3, 0.4) is 0 Å². The van der Waals surface area contributed by atoms with E-state index >= 15 is 0 Å². The fourth-order valence-corrected chi connectivity index (χ4v) is 2.48. The number of carbonyl (C=O) groups is 1. The molecule has 0 bridgehead atoms. The molecule has 2 N–H and O–H groups in total. The molecule has 2 rings (SSSR count). The molecule has 0 amide bonds. The molecule has 98 valence electrons. The van der Waals surface area contributed by atoms with Gasteiger partial charge in [-0.05, 0) is 37.5 Å². The van der Waals surface area contributed by atoms with Gasteiger partial charge in [-0.25, -0.2) is 4.39 Å². The third-order valence-corrected chi connectivity index (χ3v) is 3.62. The van der Waals surface area contributed by atoms with Gasteiger partial charge >= 0.3 is 5.97 Å². The molecular weight excluding hydrogens is 257 g/mol. The molecule has 3 nitrogen and oxygen atoms in total. The van der Waals surface area contributed by atoms with E-state index in [-0.39, 0.29) is 17.0 Å². The first-order valence-electron chi connectivity index (χ1n) is 6.00. The summed E-state index contributed by atoms with van der Waals surface area (Å²) in [5, 5.41) is 12.3. The Bertz CT molecular complexity index is 453. The Hall–Kier alpha value is -1.29. The number of hydrogen-bond acceptors (Lipinski definition) is 2. The van der Waals surface area contributed by atoms with E-state index < -0.39 is 11.8 Å². The first kappa shape index (κ1) is 13.1. The van der Waals surface area contributed by atoms with Crippen LogP contribution in [0.25, 0.3) is 0 Å². The van der Waals surface area contributed by atoms with Gasteiger partial charge in [0.1, 0.15) is 5.82 Å². The average Bonchev–Trinajstić information content (AvgIpc) is 2.34. The Kier molecular flexibility index (Phi) is 4.07. The molecule has 1 aliphatic carbocycles. The molecule has 0 radical (unpaired) electrons. The van der Waals surface area contributed by atoms with Crippen LogP contribution in [-0.4, -0.2) is 17.1 Å². The highest BCUT2D eigenvalue weighted by molar-refractivity contribution is 6.30. The average molecular weight is 272 g/mol. The molecule has 1 aliphatic rings. The lowest BCUT2D eigenvalue weighted by Gasteiger charge is -2.28. The molecule has 1 fully saturated rings. The zero-order chi connectivity index (χ0) is 13.1. The van der Waals surface area contributed by atoms with E-state index in [1.54, 1.807) is 6.07 Å². The normalized spacial score (nSPS) is 23.7. The molecular formula is C13H15ClFNO2. The molecule has 1 saturated carbocycles. The van der Waals surface area contributed by atoms with Crippen LogP contribution in [0.5, 0.6) is 0 Å². The van der Waals surface area contributed by atoms with Crippen molar-refractivity contribution in [2.45, 2.75) is 31.7 Å². The summed E-state index contributed by atoms with van der Waals surface area (Å²) in [6.45, 7) is 0. The fourth-order valence-electron chi connectivity index (χ4n) is 2.37. The minimum atomic E-state index is -0.746. The third kappa shape index (κ3) is 3.13. The van der Waals surface area contributed by atoms with E-state index in [9.17, 15) is 9.18 Å². The number of hydrogen-bond donors (Lipinski definition) is 2. The molecule has 1 aromatic carbocycles. The first-order valence-corrected chi connectivity index (χ1v) is 6.38. The Morgan fingerprint density at radius 2 is 2.22 bits per heavy atom. The minimum absolute atomic E-state index is 0.0837. The van der Waals surface area contributed by atoms with E-state index in [1.165, 1.54) is 12.1 Å². The van der Waals surface area contributed by atoms with Gasteiger partial charge in [-0.1, -0.05) is 18.0 Å². The van der Waals surface area contributed by atoms with Crippen molar-refractivity contribution in [3.05, 3.63) is 29.0 Å². The van der Waals surface area contributed by atoms with Crippen molar-refractivity contribution in [1.29, 1.82) is 0 Å². The summed E-state index contributed by atoms with van der Waals surface area (Å²) in [6.07, 6.45) is 3.10. The topological polar surface area (TPSA) is 49.3 Å². The SMILES string of the molecule is O=C(O)C1CCCC(Nc2ccc(Cl)c(F)c2)C1. The second kappa shape index (κ2) is 5.57. The highest BCUT2D eigenvalue weighted by atomic mass is 35.5. The smallest absolute Gasteiger partial charge is 0.306 e. The van der Waals surface area contributed by atoms with Crippen LogP contribution in [0.4, 0.5) is 10.1 Å². The molecule has 1 aromatic rings. The summed E-state index contributed by atoms with van der Waals surface area (Å²) < 4.78 is 13.3. The minimum Gasteiger partial charge on any atom is -0.481 e. The van der Waals surface area contributed by atoms with Gasteiger partial charge < -0.3 is 10.4 Å². The summed E-state index contributed by atoms with van der Waals surface area (Å²) in [5.41, 5.74) is 0.646. The highest BCUT2D eigenvalue weighted by Crippen LogP contribution is 2.28. The van der Waals surface area contributed by atoms with Gasteiger partial charge in [-0.3, -0.25) is 4.79 Å². The standard InChI is InChI=1S/C13H15ClFNO2/c14-11-5-4-10(7-12(11)15)16-9-3-1-2-8(6-9)13(17)18/h4-5,7-9,16H,1-3,6H2,(H,17,18). The van der Waals surface area contributed by atoms with E-state index in [4.69, 9.17) is 16.7 Å². The van der Waals surface area contributed by atoms with Crippen LogP contribution in [0, 0.1) is 11.7 Å². The van der Waals surface area contributed by atoms with E-state index in [1.807, 2.05) is 0 Å². The summed E-state index contributed by atoms with van der Waals surface area (Å²) in [6, 6.07) is 4.62. The number of anilines is 1. The fraction of sp³-hybridized carbons (Fsp3) is 0.462. The lowest BCUT2D eigenvalue weighted by atomic mass is 9.85. The van der Waals surface area contributed by atoms with Crippen molar-refractivity contribution >= 4 is 23.3 Å². The number of carboxylic acid groups (broad SMARTS) is 1. The van der Waals surface area contributed by atoms with Crippen molar-refractivity contribution < 1.29 is 14.3 Å². The maximum atomic E-state index is 13.3. The van der Waals surface area contributed by atoms with Crippen molar-refractivity contribution in [2.24, 2.45) is 5.92 Å². The van der Waals surface area contributed by atoms with Crippen LogP contribution in [-0.2, 0) is 4.79 Å². The number of benzene rings is 1. The lowest BCUT2D eigenvalue weighted by Crippen LogP contribution is -2.30. The van der Waals surface area contributed by atoms with Gasteiger partial charge in [-0.15, -0.1) is 0 Å². The number of nitrogens with one attached hydrogen (secondary N) is 1. The van der Waals surface area contributed by atoms with Crippen LogP contribution in [0.1, 0.15) is 25.7 Å². The predicted octanol–water partition coefficient (Wildman–Crippen LogP) is 3.53. The Balaban J connectivity index is 2.00. The molecule has 2 atom stereocenters. The summed E-state index contributed by atoms with van der Waals surface area (Å²) in [7, 11) is 0. The van der Waals surface area contributed by atoms with E-state index in [0.717, 1.165) is 19.3 Å². The van der Waals surface area contributed by atoms with Gasteiger partial charge in [0.25, 0.3) is 0 Å². The zero-order valence-corrected chi connectivity index (χ0v) is 10.6. The first-order chi connectivity index (χ1) is 8.56. The lowest BCUT2D eigenvalue weighted by molar-refractivity contribution is -0.142. The maximum absolute atomic E-state index is 13.3. The number of aliphatic carboxylic acids is 1. The van der Waals surface area contributed by atoms with Gasteiger partial charge in [-0.2, -0.15) is 0 Å². The molecule has 0 spiro atoms. The summed E-state index contributed by atoms with van der Waals surface area (Å²) >= 11 is 5.61. The highest BCUT2D eigenvalue weighted by Gasteiger charge is 2.26. The van der Waals surface area contributed by atoms with Gasteiger partial charge in [0.15, 0.2) is 0 Å². The molecule has 5 heteroatoms. The molecule has 0 saturated heterocycles. The predicted molar refractivity (Wildman–Crippen MR) is 68.4 cm³/mol. The third-order valence-electron chi connectivity index (χ3n) is 3.31. The van der Waals surface area contributed by atoms with Crippen molar-refractivity contribution in [3.8, 4) is 0 Å². The Morgan fingerprint density at radius 1 is 1.44 bits per heavy atom. The molecule has 0 heterocycles. The molecule has 2 unspecified atom stereocenters. The second-order valence-corrected chi connectivity index (χ2v) is 5.08. The van der Waals surface area contributed by atoms with Crippen LogP contribution >= 0.6 is 11.6 Å². The molecule has 0 aromatic heterocycles. The number of carboxylic acids is 1. The summed E-state index contributed by atoms with van der Waals surface area (Å²) in [5.74, 6) is -1.51. The summed E-state index contributed by atoms with van der Waals surface area (Å²) in [4.78, 5) is 10.9. The molecule has 18 heavy (non-hydrogen) atoms. The van der Waals surface area contributed by atoms with Crippen LogP contribution in [0.2, 0.25) is 5.02 Å². The molecule has 0 aliphatic heterocycles. The monoisotopic (exact) mass is 271 g/mol. The van der Waals surface area contributed by atoms with Gasteiger partial charge in [0.05, 0.1) is 10.9 Å². The van der Waals surface area contributed by atoms with E-state index in [0.29, 0.717) is 12.1 Å². The Labute approximate surface area is 110 Å². The quantitative estimate of drug-likeness (QED) is 0.884. The van der Waals surface area contributed by atoms with Crippen molar-refractivity contribution in [2.75, 3.05) is 5.32 Å². The zero-order valence-electron chi connectivity index (χ0n) is 9.83. The van der Waals surface area contributed by atoms with Crippen molar-refractivity contribution in [1.82, 2.24) is 0 Å². The van der Waals surface area contributed by atoms with Gasteiger partial charge in [0, 0.05) is 11.7 Å². The number of halogens is 2. The van der Waals surface area contributed by atoms with Crippen molar-refractivity contribution in [3.63, 3.8) is 0 Å². The van der Waals surface area contributed by atoms with E-state index in [2.05, 4.69) is 5.32 Å².